The van der Waals surface area contributed by atoms with Crippen LogP contribution in [0.25, 0.3) is 0 Å². The standard InChI is InChI=1S/C10H18N4O2S/c11-5-1-9-3-7-14(8-4-9)17(15,16)10-2-6-12-13-10/h2,6,9H,1,3-5,7-8,11H2,(H,12,13). The third-order valence-corrected chi connectivity index (χ3v) is 5.07. The van der Waals surface area contributed by atoms with Gasteiger partial charge in [-0.2, -0.15) is 9.40 Å². The van der Waals surface area contributed by atoms with Crippen LogP contribution in [0, 0.1) is 5.92 Å². The van der Waals surface area contributed by atoms with Crippen molar-refractivity contribution in [3.63, 3.8) is 0 Å². The fraction of sp³-hybridized carbons (Fsp3) is 0.700. The van der Waals surface area contributed by atoms with Gasteiger partial charge in [0.2, 0.25) is 0 Å². The van der Waals surface area contributed by atoms with Crippen LogP contribution in [0.4, 0.5) is 0 Å². The van der Waals surface area contributed by atoms with Crippen LogP contribution in [-0.4, -0.2) is 42.6 Å². The molecule has 1 aromatic heterocycles. The van der Waals surface area contributed by atoms with Gasteiger partial charge in [-0.25, -0.2) is 8.42 Å². The summed E-state index contributed by atoms with van der Waals surface area (Å²) in [6.07, 6.45) is 4.22. The van der Waals surface area contributed by atoms with Crippen molar-refractivity contribution in [1.82, 2.24) is 14.5 Å². The van der Waals surface area contributed by atoms with Gasteiger partial charge < -0.3 is 5.73 Å². The van der Waals surface area contributed by atoms with Crippen molar-refractivity contribution >= 4 is 10.0 Å². The molecule has 1 aromatic rings. The van der Waals surface area contributed by atoms with E-state index in [1.54, 1.807) is 0 Å². The third-order valence-electron chi connectivity index (χ3n) is 3.24. The number of H-pyrrole nitrogens is 1. The lowest BCUT2D eigenvalue weighted by Crippen LogP contribution is -2.38. The number of rotatable bonds is 4. The summed E-state index contributed by atoms with van der Waals surface area (Å²) in [6.45, 7) is 1.83. The molecule has 1 aliphatic rings. The van der Waals surface area contributed by atoms with E-state index in [0.29, 0.717) is 25.6 Å². The highest BCUT2D eigenvalue weighted by atomic mass is 32.2. The fourth-order valence-corrected chi connectivity index (χ4v) is 3.57. The monoisotopic (exact) mass is 258 g/mol. The Morgan fingerprint density at radius 3 is 2.71 bits per heavy atom. The van der Waals surface area contributed by atoms with E-state index in [0.717, 1.165) is 19.3 Å². The van der Waals surface area contributed by atoms with E-state index in [9.17, 15) is 8.42 Å². The number of aromatic amines is 1. The second kappa shape index (κ2) is 5.16. The smallest absolute Gasteiger partial charge is 0.259 e. The molecule has 0 radical (unpaired) electrons. The minimum absolute atomic E-state index is 0.176. The summed E-state index contributed by atoms with van der Waals surface area (Å²) in [5.41, 5.74) is 5.51. The number of nitrogens with two attached hydrogens (primary N) is 1. The highest BCUT2D eigenvalue weighted by molar-refractivity contribution is 7.89. The van der Waals surface area contributed by atoms with Crippen molar-refractivity contribution in [3.05, 3.63) is 12.3 Å². The second-order valence-electron chi connectivity index (χ2n) is 4.35. The van der Waals surface area contributed by atoms with E-state index in [4.69, 9.17) is 5.73 Å². The molecule has 6 nitrogen and oxygen atoms in total. The number of hydrogen-bond donors (Lipinski definition) is 2. The molecule has 96 valence electrons. The lowest BCUT2D eigenvalue weighted by molar-refractivity contribution is 0.265. The summed E-state index contributed by atoms with van der Waals surface area (Å²) in [7, 11) is -3.37. The van der Waals surface area contributed by atoms with Gasteiger partial charge in [0.05, 0.1) is 6.20 Å². The topological polar surface area (TPSA) is 92.1 Å². The van der Waals surface area contributed by atoms with Crippen LogP contribution >= 0.6 is 0 Å². The van der Waals surface area contributed by atoms with Gasteiger partial charge in [-0.15, -0.1) is 0 Å². The second-order valence-corrected chi connectivity index (χ2v) is 6.25. The maximum Gasteiger partial charge on any atom is 0.259 e. The third kappa shape index (κ3) is 2.67. The zero-order chi connectivity index (χ0) is 12.3. The molecule has 0 spiro atoms. The fourth-order valence-electron chi connectivity index (χ4n) is 2.20. The quantitative estimate of drug-likeness (QED) is 0.804. The predicted octanol–water partition coefficient (Wildman–Crippen LogP) is 0.159. The van der Waals surface area contributed by atoms with Gasteiger partial charge in [-0.3, -0.25) is 5.10 Å². The molecule has 0 atom stereocenters. The molecule has 17 heavy (non-hydrogen) atoms. The lowest BCUT2D eigenvalue weighted by Gasteiger charge is -2.30. The molecule has 1 aliphatic heterocycles. The Morgan fingerprint density at radius 2 is 2.18 bits per heavy atom. The van der Waals surface area contributed by atoms with Crippen LogP contribution in [-0.2, 0) is 10.0 Å². The van der Waals surface area contributed by atoms with E-state index in [1.165, 1.54) is 16.6 Å². The number of nitrogens with zero attached hydrogens (tertiary/aromatic N) is 2. The molecule has 1 fully saturated rings. The molecule has 0 unspecified atom stereocenters. The van der Waals surface area contributed by atoms with Crippen LogP contribution < -0.4 is 5.73 Å². The van der Waals surface area contributed by atoms with Gasteiger partial charge in [0.1, 0.15) is 0 Å². The van der Waals surface area contributed by atoms with Crippen LogP contribution in [0.2, 0.25) is 0 Å². The Labute approximate surface area is 101 Å². The van der Waals surface area contributed by atoms with Gasteiger partial charge in [-0.1, -0.05) is 0 Å². The maximum atomic E-state index is 12.1. The summed E-state index contributed by atoms with van der Waals surface area (Å²) in [5.74, 6) is 0.563. The SMILES string of the molecule is NCCC1CCN(S(=O)(=O)c2ccn[nH]2)CC1. The maximum absolute atomic E-state index is 12.1. The van der Waals surface area contributed by atoms with Crippen molar-refractivity contribution in [2.24, 2.45) is 11.7 Å². The van der Waals surface area contributed by atoms with Gasteiger partial charge in [-0.05, 0) is 37.8 Å². The van der Waals surface area contributed by atoms with Crippen LogP contribution in [0.1, 0.15) is 19.3 Å². The van der Waals surface area contributed by atoms with Gasteiger partial charge in [0, 0.05) is 13.1 Å². The number of sulfonamides is 1. The predicted molar refractivity (Wildman–Crippen MR) is 63.7 cm³/mol. The Morgan fingerprint density at radius 1 is 1.47 bits per heavy atom. The highest BCUT2D eigenvalue weighted by Crippen LogP contribution is 2.24. The first-order valence-electron chi connectivity index (χ1n) is 5.84. The highest BCUT2D eigenvalue weighted by Gasteiger charge is 2.29. The van der Waals surface area contributed by atoms with Gasteiger partial charge in [0.15, 0.2) is 5.03 Å². The summed E-state index contributed by atoms with van der Waals surface area (Å²) in [5, 5.41) is 6.37. The molecule has 7 heteroatoms. The molecule has 2 heterocycles. The van der Waals surface area contributed by atoms with Crippen LogP contribution in [0.3, 0.4) is 0 Å². The molecular weight excluding hydrogens is 240 g/mol. The molecule has 0 amide bonds. The van der Waals surface area contributed by atoms with Crippen molar-refractivity contribution in [2.45, 2.75) is 24.3 Å². The number of nitrogens with one attached hydrogen (secondary N) is 1. The summed E-state index contributed by atoms with van der Waals surface area (Å²) in [6, 6.07) is 1.49. The first kappa shape index (κ1) is 12.5. The van der Waals surface area contributed by atoms with Crippen molar-refractivity contribution in [1.29, 1.82) is 0 Å². The van der Waals surface area contributed by atoms with Gasteiger partial charge in [0.25, 0.3) is 10.0 Å². The Hall–Kier alpha value is -0.920. The van der Waals surface area contributed by atoms with Crippen molar-refractivity contribution < 1.29 is 8.42 Å². The van der Waals surface area contributed by atoms with Crippen molar-refractivity contribution in [2.75, 3.05) is 19.6 Å². The Bertz CT molecular complexity index is 435. The molecule has 0 saturated carbocycles. The van der Waals surface area contributed by atoms with E-state index in [2.05, 4.69) is 10.2 Å². The van der Waals surface area contributed by atoms with Gasteiger partial charge >= 0.3 is 0 Å². The van der Waals surface area contributed by atoms with Crippen LogP contribution in [0.15, 0.2) is 17.3 Å². The number of hydrogen-bond acceptors (Lipinski definition) is 4. The summed E-state index contributed by atoms with van der Waals surface area (Å²) < 4.78 is 25.8. The van der Waals surface area contributed by atoms with E-state index in [1.807, 2.05) is 0 Å². The first-order valence-corrected chi connectivity index (χ1v) is 7.28. The summed E-state index contributed by atoms with van der Waals surface area (Å²) >= 11 is 0. The average molecular weight is 258 g/mol. The Kier molecular flexibility index (Phi) is 3.80. The normalized spacial score (nSPS) is 19.6. The molecule has 1 saturated heterocycles. The summed E-state index contributed by atoms with van der Waals surface area (Å²) in [4.78, 5) is 0. The van der Waals surface area contributed by atoms with Crippen LogP contribution in [0.5, 0.6) is 0 Å². The molecule has 0 aromatic carbocycles. The molecule has 3 N–H and O–H groups in total. The number of aromatic nitrogens is 2. The van der Waals surface area contributed by atoms with E-state index >= 15 is 0 Å². The largest absolute Gasteiger partial charge is 0.330 e. The zero-order valence-corrected chi connectivity index (χ0v) is 10.5. The molecule has 0 bridgehead atoms. The van der Waals surface area contributed by atoms with E-state index < -0.39 is 10.0 Å². The van der Waals surface area contributed by atoms with Crippen molar-refractivity contribution in [3.8, 4) is 0 Å². The lowest BCUT2D eigenvalue weighted by atomic mass is 9.95. The number of piperidine rings is 1. The minimum Gasteiger partial charge on any atom is -0.330 e. The molecule has 2 rings (SSSR count). The molecule has 0 aliphatic carbocycles. The Balaban J connectivity index is 2.01. The average Bonchev–Trinajstić information content (AvgIpc) is 2.84. The zero-order valence-electron chi connectivity index (χ0n) is 9.67. The molecular formula is C10H18N4O2S. The first-order chi connectivity index (χ1) is 8.14. The van der Waals surface area contributed by atoms with E-state index in [-0.39, 0.29) is 5.03 Å². The minimum atomic E-state index is -3.37.